The maximum absolute atomic E-state index is 12.6. The van der Waals surface area contributed by atoms with Crippen molar-refractivity contribution < 1.29 is 10.0 Å². The summed E-state index contributed by atoms with van der Waals surface area (Å²) in [5, 5.41) is 13.0. The third-order valence-electron chi connectivity index (χ3n) is 3.75. The monoisotopic (exact) mass is 314 g/mol. The van der Waals surface area contributed by atoms with Gasteiger partial charge in [0.15, 0.2) is 0 Å². The highest BCUT2D eigenvalue weighted by Gasteiger charge is 2.26. The zero-order chi connectivity index (χ0) is 15.5. The van der Waals surface area contributed by atoms with E-state index in [-0.39, 0.29) is 5.91 Å². The van der Waals surface area contributed by atoms with Crippen molar-refractivity contribution >= 4 is 28.9 Å². The number of halogens is 1. The van der Waals surface area contributed by atoms with Crippen LogP contribution in [-0.4, -0.2) is 23.4 Å². The van der Waals surface area contributed by atoms with Crippen LogP contribution in [-0.2, 0) is 11.2 Å². The number of rotatable bonds is 2. The number of hydrogen-bond acceptors (Lipinski definition) is 3. The van der Waals surface area contributed by atoms with Gasteiger partial charge in [0.25, 0.3) is 0 Å². The van der Waals surface area contributed by atoms with Crippen LogP contribution in [0.4, 0.5) is 5.69 Å². The van der Waals surface area contributed by atoms with Gasteiger partial charge >= 0.3 is 0 Å². The largest absolute Gasteiger partial charge is 0.411 e. The first-order valence-electron chi connectivity index (χ1n) is 7.04. The molecule has 1 heterocycles. The van der Waals surface area contributed by atoms with Crippen molar-refractivity contribution in [3.63, 3.8) is 0 Å². The second-order valence-electron chi connectivity index (χ2n) is 5.17. The molecule has 0 bridgehead atoms. The summed E-state index contributed by atoms with van der Waals surface area (Å²) in [5.41, 5.74) is 2.98. The molecule has 1 N–H and O–H groups in total. The predicted molar refractivity (Wildman–Crippen MR) is 86.9 cm³/mol. The van der Waals surface area contributed by atoms with Gasteiger partial charge in [0.05, 0.1) is 17.8 Å². The van der Waals surface area contributed by atoms with Gasteiger partial charge in [-0.05, 0) is 23.8 Å². The number of carbonyl (C=O) groups excluding carboxylic acids is 1. The summed E-state index contributed by atoms with van der Waals surface area (Å²) < 4.78 is 0. The summed E-state index contributed by atoms with van der Waals surface area (Å²) in [6, 6.07) is 14.9. The van der Waals surface area contributed by atoms with Gasteiger partial charge in [0, 0.05) is 23.6 Å². The molecule has 1 aliphatic heterocycles. The molecule has 112 valence electrons. The van der Waals surface area contributed by atoms with Crippen LogP contribution in [0, 0.1) is 0 Å². The molecule has 0 unspecified atom stereocenters. The van der Waals surface area contributed by atoms with E-state index in [2.05, 4.69) is 5.16 Å². The number of amides is 1. The van der Waals surface area contributed by atoms with E-state index in [9.17, 15) is 4.79 Å². The highest BCUT2D eigenvalue weighted by atomic mass is 35.5. The number of nitrogens with zero attached hydrogens (tertiary/aromatic N) is 2. The fourth-order valence-corrected chi connectivity index (χ4v) is 2.85. The summed E-state index contributed by atoms with van der Waals surface area (Å²) in [6.07, 6.45) is 0.846. The molecular weight excluding hydrogens is 300 g/mol. The minimum absolute atomic E-state index is 0.0202. The molecule has 0 atom stereocenters. The van der Waals surface area contributed by atoms with E-state index in [1.807, 2.05) is 30.3 Å². The van der Waals surface area contributed by atoms with Gasteiger partial charge in [-0.25, -0.2) is 0 Å². The van der Waals surface area contributed by atoms with E-state index in [1.54, 1.807) is 23.1 Å². The highest BCUT2D eigenvalue weighted by molar-refractivity contribution is 6.31. The van der Waals surface area contributed by atoms with Crippen molar-refractivity contribution in [3.05, 3.63) is 64.7 Å². The number of hydrogen-bond donors (Lipinski definition) is 1. The predicted octanol–water partition coefficient (Wildman–Crippen LogP) is 3.50. The lowest BCUT2D eigenvalue weighted by molar-refractivity contribution is -0.118. The summed E-state index contributed by atoms with van der Waals surface area (Å²) in [4.78, 5) is 14.3. The standard InChI is InChI=1S/C17H15ClN2O2/c18-13-6-7-16-14(11-13)15(19-22)8-9-20(16)17(21)10-12-4-2-1-3-5-12/h1-7,11,22H,8-10H2/b19-15+. The molecule has 0 spiro atoms. The molecule has 0 aliphatic carbocycles. The Morgan fingerprint density at radius 1 is 1.23 bits per heavy atom. The normalized spacial score (nSPS) is 15.7. The lowest BCUT2D eigenvalue weighted by atomic mass is 9.98. The number of carbonyl (C=O) groups is 1. The lowest BCUT2D eigenvalue weighted by Crippen LogP contribution is -2.38. The Hall–Kier alpha value is -2.33. The van der Waals surface area contributed by atoms with Gasteiger partial charge < -0.3 is 10.1 Å². The first-order valence-corrected chi connectivity index (χ1v) is 7.42. The highest BCUT2D eigenvalue weighted by Crippen LogP contribution is 2.30. The van der Waals surface area contributed by atoms with E-state index in [0.717, 1.165) is 11.3 Å². The molecule has 0 fully saturated rings. The fourth-order valence-electron chi connectivity index (χ4n) is 2.68. The van der Waals surface area contributed by atoms with Crippen LogP contribution in [0.1, 0.15) is 17.5 Å². The van der Waals surface area contributed by atoms with Crippen molar-refractivity contribution in [2.75, 3.05) is 11.4 Å². The first kappa shape index (κ1) is 14.6. The molecule has 1 amide bonds. The number of oxime groups is 1. The minimum atomic E-state index is 0.0202. The van der Waals surface area contributed by atoms with Crippen LogP contribution < -0.4 is 4.90 Å². The van der Waals surface area contributed by atoms with Crippen LogP contribution in [0.3, 0.4) is 0 Å². The Morgan fingerprint density at radius 3 is 2.73 bits per heavy atom. The third kappa shape index (κ3) is 2.83. The van der Waals surface area contributed by atoms with Gasteiger partial charge in [-0.3, -0.25) is 4.79 Å². The van der Waals surface area contributed by atoms with Crippen molar-refractivity contribution in [1.29, 1.82) is 0 Å². The number of benzene rings is 2. The molecule has 2 aromatic carbocycles. The molecule has 22 heavy (non-hydrogen) atoms. The SMILES string of the molecule is O=C(Cc1ccccc1)N1CC/C(=N\O)c2cc(Cl)ccc21. The second-order valence-corrected chi connectivity index (χ2v) is 5.60. The Labute approximate surface area is 133 Å². The van der Waals surface area contributed by atoms with Crippen molar-refractivity contribution in [2.24, 2.45) is 5.16 Å². The molecule has 4 nitrogen and oxygen atoms in total. The van der Waals surface area contributed by atoms with Crippen molar-refractivity contribution in [2.45, 2.75) is 12.8 Å². The molecule has 5 heteroatoms. The molecule has 0 saturated heterocycles. The molecule has 3 rings (SSSR count). The Balaban J connectivity index is 1.91. The smallest absolute Gasteiger partial charge is 0.231 e. The van der Waals surface area contributed by atoms with E-state index < -0.39 is 0 Å². The lowest BCUT2D eigenvalue weighted by Gasteiger charge is -2.30. The molecule has 1 aliphatic rings. The second kappa shape index (κ2) is 6.20. The zero-order valence-corrected chi connectivity index (χ0v) is 12.6. The molecule has 2 aromatic rings. The van der Waals surface area contributed by atoms with Gasteiger partial charge in [0.1, 0.15) is 0 Å². The fraction of sp³-hybridized carbons (Fsp3) is 0.176. The molecule has 0 radical (unpaired) electrons. The van der Waals surface area contributed by atoms with E-state index >= 15 is 0 Å². The summed E-state index contributed by atoms with van der Waals surface area (Å²) >= 11 is 6.02. The number of anilines is 1. The van der Waals surface area contributed by atoms with Crippen LogP contribution in [0.25, 0.3) is 0 Å². The van der Waals surface area contributed by atoms with Gasteiger partial charge in [-0.15, -0.1) is 0 Å². The van der Waals surface area contributed by atoms with E-state index in [1.165, 1.54) is 0 Å². The maximum atomic E-state index is 12.6. The Morgan fingerprint density at radius 2 is 2.00 bits per heavy atom. The van der Waals surface area contributed by atoms with Gasteiger partial charge in [-0.2, -0.15) is 0 Å². The van der Waals surface area contributed by atoms with E-state index in [0.29, 0.717) is 35.7 Å². The molecule has 0 aromatic heterocycles. The quantitative estimate of drug-likeness (QED) is 0.681. The third-order valence-corrected chi connectivity index (χ3v) is 3.99. The average molecular weight is 315 g/mol. The Kier molecular flexibility index (Phi) is 4.11. The Bertz CT molecular complexity index is 729. The van der Waals surface area contributed by atoms with Crippen molar-refractivity contribution in [1.82, 2.24) is 0 Å². The van der Waals surface area contributed by atoms with Gasteiger partial charge in [-0.1, -0.05) is 47.1 Å². The summed E-state index contributed by atoms with van der Waals surface area (Å²) in [5.74, 6) is 0.0202. The number of fused-ring (bicyclic) bond motifs is 1. The van der Waals surface area contributed by atoms with E-state index in [4.69, 9.17) is 16.8 Å². The maximum Gasteiger partial charge on any atom is 0.231 e. The van der Waals surface area contributed by atoms with Crippen molar-refractivity contribution in [3.8, 4) is 0 Å². The van der Waals surface area contributed by atoms with Crippen LogP contribution >= 0.6 is 11.6 Å². The van der Waals surface area contributed by atoms with Crippen LogP contribution in [0.15, 0.2) is 53.7 Å². The first-order chi connectivity index (χ1) is 10.7. The minimum Gasteiger partial charge on any atom is -0.411 e. The summed E-state index contributed by atoms with van der Waals surface area (Å²) in [7, 11) is 0. The van der Waals surface area contributed by atoms with Crippen LogP contribution in [0.2, 0.25) is 5.02 Å². The molecule has 0 saturated carbocycles. The summed E-state index contributed by atoms with van der Waals surface area (Å²) in [6.45, 7) is 0.500. The topological polar surface area (TPSA) is 52.9 Å². The average Bonchev–Trinajstić information content (AvgIpc) is 2.54. The van der Waals surface area contributed by atoms with Gasteiger partial charge in [0.2, 0.25) is 5.91 Å². The molecular formula is C17H15ClN2O2. The zero-order valence-electron chi connectivity index (χ0n) is 11.9. The van der Waals surface area contributed by atoms with Crippen LogP contribution in [0.5, 0.6) is 0 Å².